The van der Waals surface area contributed by atoms with Gasteiger partial charge in [0.25, 0.3) is 0 Å². The van der Waals surface area contributed by atoms with Crippen molar-refractivity contribution < 1.29 is 0 Å². The van der Waals surface area contributed by atoms with Crippen LogP contribution in [0.4, 0.5) is 11.8 Å². The highest BCUT2D eigenvalue weighted by Gasteiger charge is 2.18. The molecule has 0 saturated heterocycles. The standard InChI is InChI=1S/C24H27N5/c1-17(25)20(16-15-18-11-7-5-8-12-18)26-23-27-21(19-13-9-6-10-14-19)22(28-23)29-24(2,3)4/h5-16,25,29H,1-4H3,(H,27,28)/b16-15+,25-17?,26-20?. The average Bonchev–Trinajstić information content (AvgIpc) is 3.07. The Bertz CT molecular complexity index is 1020. The molecule has 5 nitrogen and oxygen atoms in total. The third kappa shape index (κ3) is 5.75. The molecule has 0 aliphatic carbocycles. The lowest BCUT2D eigenvalue weighted by molar-refractivity contribution is 0.631. The van der Waals surface area contributed by atoms with Gasteiger partial charge in [0.15, 0.2) is 5.82 Å². The van der Waals surface area contributed by atoms with Crippen LogP contribution in [0.15, 0.2) is 71.7 Å². The van der Waals surface area contributed by atoms with Gasteiger partial charge in [-0.2, -0.15) is 4.98 Å². The summed E-state index contributed by atoms with van der Waals surface area (Å²) in [5.41, 5.74) is 3.76. The highest BCUT2D eigenvalue weighted by atomic mass is 15.2. The largest absolute Gasteiger partial charge is 0.364 e. The number of rotatable bonds is 6. The second-order valence-corrected chi connectivity index (χ2v) is 7.89. The van der Waals surface area contributed by atoms with E-state index in [4.69, 9.17) is 5.41 Å². The van der Waals surface area contributed by atoms with Crippen LogP contribution in [0, 0.1) is 5.41 Å². The summed E-state index contributed by atoms with van der Waals surface area (Å²) >= 11 is 0. The van der Waals surface area contributed by atoms with Crippen molar-refractivity contribution in [3.63, 3.8) is 0 Å². The summed E-state index contributed by atoms with van der Waals surface area (Å²) in [5.74, 6) is 1.21. The van der Waals surface area contributed by atoms with Crippen LogP contribution in [0.5, 0.6) is 0 Å². The first-order valence-electron chi connectivity index (χ1n) is 9.63. The molecule has 5 heteroatoms. The molecule has 0 bridgehead atoms. The van der Waals surface area contributed by atoms with E-state index in [0.29, 0.717) is 17.4 Å². The highest BCUT2D eigenvalue weighted by molar-refractivity contribution is 6.45. The molecule has 29 heavy (non-hydrogen) atoms. The number of H-pyrrole nitrogens is 1. The van der Waals surface area contributed by atoms with Gasteiger partial charge in [-0.15, -0.1) is 0 Å². The first-order chi connectivity index (χ1) is 13.8. The number of nitrogens with one attached hydrogen (secondary N) is 3. The van der Waals surface area contributed by atoms with E-state index >= 15 is 0 Å². The molecule has 0 aliphatic rings. The zero-order valence-corrected chi connectivity index (χ0v) is 17.3. The highest BCUT2D eigenvalue weighted by Crippen LogP contribution is 2.30. The van der Waals surface area contributed by atoms with Crippen molar-refractivity contribution in [1.82, 2.24) is 9.97 Å². The summed E-state index contributed by atoms with van der Waals surface area (Å²) in [6.45, 7) is 8.00. The van der Waals surface area contributed by atoms with Gasteiger partial charge in [-0.25, -0.2) is 4.99 Å². The molecule has 2 aromatic carbocycles. The van der Waals surface area contributed by atoms with Crippen LogP contribution < -0.4 is 5.32 Å². The van der Waals surface area contributed by atoms with E-state index < -0.39 is 0 Å². The molecule has 148 valence electrons. The number of allylic oxidation sites excluding steroid dienone is 1. The maximum atomic E-state index is 8.10. The first kappa shape index (κ1) is 20.3. The Morgan fingerprint density at radius 2 is 1.66 bits per heavy atom. The van der Waals surface area contributed by atoms with Gasteiger partial charge < -0.3 is 15.7 Å². The van der Waals surface area contributed by atoms with Crippen molar-refractivity contribution in [3.8, 4) is 11.3 Å². The fraction of sp³-hybridized carbons (Fsp3) is 0.208. The quantitative estimate of drug-likeness (QED) is 0.448. The van der Waals surface area contributed by atoms with E-state index in [1.807, 2.05) is 72.8 Å². The second kappa shape index (κ2) is 8.69. The van der Waals surface area contributed by atoms with Gasteiger partial charge in [-0.1, -0.05) is 66.7 Å². The van der Waals surface area contributed by atoms with Crippen LogP contribution in [-0.2, 0) is 0 Å². The number of nitrogens with zero attached hydrogens (tertiary/aromatic N) is 2. The third-order valence-corrected chi connectivity index (χ3v) is 4.09. The Morgan fingerprint density at radius 3 is 2.24 bits per heavy atom. The minimum Gasteiger partial charge on any atom is -0.364 e. The SMILES string of the molecule is CC(=N)C(/C=C/c1ccccc1)=Nc1nc(NC(C)(C)C)c(-c2ccccc2)[nH]1. The summed E-state index contributed by atoms with van der Waals surface area (Å²) in [4.78, 5) is 12.6. The van der Waals surface area contributed by atoms with Crippen molar-refractivity contribution >= 4 is 29.3 Å². The van der Waals surface area contributed by atoms with Gasteiger partial charge in [-0.3, -0.25) is 0 Å². The summed E-state index contributed by atoms with van der Waals surface area (Å²) in [5, 5.41) is 11.5. The van der Waals surface area contributed by atoms with E-state index in [0.717, 1.165) is 22.6 Å². The van der Waals surface area contributed by atoms with Crippen LogP contribution in [0.1, 0.15) is 33.3 Å². The monoisotopic (exact) mass is 385 g/mol. The molecule has 3 aromatic rings. The average molecular weight is 386 g/mol. The Hall–Kier alpha value is -3.47. The molecule has 0 unspecified atom stereocenters. The molecular formula is C24H27N5. The molecular weight excluding hydrogens is 358 g/mol. The lowest BCUT2D eigenvalue weighted by Crippen LogP contribution is -2.26. The molecule has 1 aromatic heterocycles. The van der Waals surface area contributed by atoms with Crippen LogP contribution in [0.2, 0.25) is 0 Å². The molecule has 1 heterocycles. The van der Waals surface area contributed by atoms with E-state index in [9.17, 15) is 0 Å². The maximum Gasteiger partial charge on any atom is 0.229 e. The van der Waals surface area contributed by atoms with Gasteiger partial charge in [-0.05, 0) is 39.3 Å². The van der Waals surface area contributed by atoms with Gasteiger partial charge in [0, 0.05) is 11.1 Å². The van der Waals surface area contributed by atoms with E-state index in [1.54, 1.807) is 6.92 Å². The van der Waals surface area contributed by atoms with Crippen molar-refractivity contribution in [3.05, 3.63) is 72.3 Å². The molecule has 0 spiro atoms. The van der Waals surface area contributed by atoms with Crippen LogP contribution in [0.3, 0.4) is 0 Å². The predicted molar refractivity (Wildman–Crippen MR) is 123 cm³/mol. The minimum absolute atomic E-state index is 0.146. The number of hydrogen-bond donors (Lipinski definition) is 3. The van der Waals surface area contributed by atoms with Gasteiger partial charge >= 0.3 is 0 Å². The van der Waals surface area contributed by atoms with Crippen LogP contribution >= 0.6 is 0 Å². The molecule has 3 N–H and O–H groups in total. The number of aromatic amines is 1. The van der Waals surface area contributed by atoms with Crippen molar-refractivity contribution in [2.45, 2.75) is 33.2 Å². The summed E-state index contributed by atoms with van der Waals surface area (Å²) < 4.78 is 0. The number of anilines is 1. The molecule has 0 radical (unpaired) electrons. The number of aliphatic imine (C=N–C) groups is 1. The smallest absolute Gasteiger partial charge is 0.229 e. The lowest BCUT2D eigenvalue weighted by Gasteiger charge is -2.21. The number of imidazole rings is 1. The zero-order valence-electron chi connectivity index (χ0n) is 17.3. The molecule has 3 rings (SSSR count). The molecule has 0 amide bonds. The van der Waals surface area contributed by atoms with Gasteiger partial charge in [0.2, 0.25) is 5.95 Å². The molecule has 0 saturated carbocycles. The van der Waals surface area contributed by atoms with Crippen LogP contribution in [-0.4, -0.2) is 26.9 Å². The fourth-order valence-corrected chi connectivity index (χ4v) is 2.77. The van der Waals surface area contributed by atoms with Crippen molar-refractivity contribution in [2.24, 2.45) is 4.99 Å². The van der Waals surface area contributed by atoms with Gasteiger partial charge in [0.05, 0.1) is 17.1 Å². The zero-order chi connectivity index (χ0) is 20.9. The number of hydrogen-bond acceptors (Lipinski definition) is 4. The predicted octanol–water partition coefficient (Wildman–Crippen LogP) is 6.11. The van der Waals surface area contributed by atoms with E-state index in [-0.39, 0.29) is 5.54 Å². The van der Waals surface area contributed by atoms with Gasteiger partial charge in [0.1, 0.15) is 0 Å². The normalized spacial score (nSPS) is 12.3. The third-order valence-electron chi connectivity index (χ3n) is 4.09. The second-order valence-electron chi connectivity index (χ2n) is 7.89. The van der Waals surface area contributed by atoms with Crippen molar-refractivity contribution in [2.75, 3.05) is 5.32 Å². The molecule has 0 fully saturated rings. The number of benzene rings is 2. The maximum absolute atomic E-state index is 8.10. The first-order valence-corrected chi connectivity index (χ1v) is 9.63. The van der Waals surface area contributed by atoms with Crippen LogP contribution in [0.25, 0.3) is 17.3 Å². The topological polar surface area (TPSA) is 76.9 Å². The summed E-state index contributed by atoms with van der Waals surface area (Å²) in [6.07, 6.45) is 3.80. The minimum atomic E-state index is -0.146. The summed E-state index contributed by atoms with van der Waals surface area (Å²) in [7, 11) is 0. The van der Waals surface area contributed by atoms with E-state index in [1.165, 1.54) is 0 Å². The summed E-state index contributed by atoms with van der Waals surface area (Å²) in [6, 6.07) is 20.0. The Labute approximate surface area is 172 Å². The molecule has 0 atom stereocenters. The van der Waals surface area contributed by atoms with Crippen molar-refractivity contribution in [1.29, 1.82) is 5.41 Å². The Morgan fingerprint density at radius 1 is 1.03 bits per heavy atom. The number of aromatic nitrogens is 2. The Kier molecular flexibility index (Phi) is 6.07. The lowest BCUT2D eigenvalue weighted by atomic mass is 10.1. The molecule has 0 aliphatic heterocycles. The van der Waals surface area contributed by atoms with E-state index in [2.05, 4.69) is 41.0 Å². The Balaban J connectivity index is 1.99. The fourth-order valence-electron chi connectivity index (χ4n) is 2.77.